The molecule has 3 amide bonds. The third kappa shape index (κ3) is 4.37. The van der Waals surface area contributed by atoms with Gasteiger partial charge in [-0.15, -0.1) is 0 Å². The number of nitrogens with one attached hydrogen (secondary N) is 1. The summed E-state index contributed by atoms with van der Waals surface area (Å²) < 4.78 is 5.32. The lowest BCUT2D eigenvalue weighted by Crippen LogP contribution is -2.39. The van der Waals surface area contributed by atoms with Gasteiger partial charge in [-0.25, -0.2) is 5.84 Å². The lowest BCUT2D eigenvalue weighted by molar-refractivity contribution is -0.122. The van der Waals surface area contributed by atoms with Gasteiger partial charge in [-0.3, -0.25) is 24.7 Å². The van der Waals surface area contributed by atoms with Crippen molar-refractivity contribution in [3.8, 4) is 0 Å². The minimum Gasteiger partial charge on any atom is -0.454 e. The van der Waals surface area contributed by atoms with Crippen molar-refractivity contribution in [2.45, 2.75) is 13.5 Å². The first-order valence-corrected chi connectivity index (χ1v) is 5.72. The molecule has 20 heavy (non-hydrogen) atoms. The predicted molar refractivity (Wildman–Crippen MR) is 68.8 cm³/mol. The number of nitrogen functional groups attached to an aromatic ring is 1. The van der Waals surface area contributed by atoms with E-state index in [2.05, 4.69) is 0 Å². The Kier molecular flexibility index (Phi) is 5.23. The molecule has 0 saturated heterocycles. The van der Waals surface area contributed by atoms with E-state index >= 15 is 0 Å². The summed E-state index contributed by atoms with van der Waals surface area (Å²) in [4.78, 5) is 34.7. The van der Waals surface area contributed by atoms with Crippen LogP contribution in [-0.4, -0.2) is 35.7 Å². The van der Waals surface area contributed by atoms with Crippen molar-refractivity contribution in [2.75, 3.05) is 13.1 Å². The molecule has 0 saturated carbocycles. The molecule has 9 nitrogen and oxygen atoms in total. The molecule has 0 aliphatic heterocycles. The van der Waals surface area contributed by atoms with Gasteiger partial charge in [-0.05, 0) is 13.0 Å². The Balaban J connectivity index is 2.85. The second-order valence-corrected chi connectivity index (χ2v) is 4.28. The summed E-state index contributed by atoms with van der Waals surface area (Å²) in [7, 11) is 0. The topological polar surface area (TPSA) is 158 Å². The highest BCUT2D eigenvalue weighted by Gasteiger charge is 2.18. The summed E-state index contributed by atoms with van der Waals surface area (Å²) in [5.74, 6) is 3.72. The number of primary amides is 2. The average molecular weight is 283 g/mol. The number of furan rings is 1. The Labute approximate surface area is 115 Å². The van der Waals surface area contributed by atoms with E-state index in [4.69, 9.17) is 21.7 Å². The van der Waals surface area contributed by atoms with Crippen LogP contribution in [0.1, 0.15) is 21.9 Å². The first-order chi connectivity index (χ1) is 9.33. The van der Waals surface area contributed by atoms with Gasteiger partial charge in [0, 0.05) is 5.56 Å². The van der Waals surface area contributed by atoms with E-state index in [0.717, 1.165) is 0 Å². The fourth-order valence-electron chi connectivity index (χ4n) is 1.75. The molecule has 110 valence electrons. The molecule has 0 aromatic carbocycles. The molecule has 9 heteroatoms. The zero-order valence-corrected chi connectivity index (χ0v) is 11.0. The van der Waals surface area contributed by atoms with Crippen molar-refractivity contribution in [2.24, 2.45) is 17.3 Å². The van der Waals surface area contributed by atoms with Crippen LogP contribution in [0.4, 0.5) is 0 Å². The maximum Gasteiger partial charge on any atom is 0.301 e. The van der Waals surface area contributed by atoms with E-state index in [1.54, 1.807) is 13.0 Å². The van der Waals surface area contributed by atoms with Crippen LogP contribution in [0.15, 0.2) is 10.5 Å². The number of rotatable bonds is 7. The SMILES string of the molecule is Cc1cc(CN(CC(N)=O)CC(N)=O)oc1C(=O)NN. The summed E-state index contributed by atoms with van der Waals surface area (Å²) >= 11 is 0. The molecule has 7 N–H and O–H groups in total. The van der Waals surface area contributed by atoms with E-state index in [9.17, 15) is 14.4 Å². The van der Waals surface area contributed by atoms with Gasteiger partial charge >= 0.3 is 5.91 Å². The lowest BCUT2D eigenvalue weighted by atomic mass is 10.2. The van der Waals surface area contributed by atoms with E-state index in [0.29, 0.717) is 11.3 Å². The van der Waals surface area contributed by atoms with Crippen LogP contribution >= 0.6 is 0 Å². The van der Waals surface area contributed by atoms with E-state index in [1.165, 1.54) is 4.90 Å². The van der Waals surface area contributed by atoms with Gasteiger partial charge in [0.05, 0.1) is 19.6 Å². The molecule has 0 fully saturated rings. The fraction of sp³-hybridized carbons (Fsp3) is 0.364. The van der Waals surface area contributed by atoms with Crippen molar-refractivity contribution in [3.63, 3.8) is 0 Å². The molecule has 1 rings (SSSR count). The number of nitrogens with zero attached hydrogens (tertiary/aromatic N) is 1. The second-order valence-electron chi connectivity index (χ2n) is 4.28. The number of carbonyl (C=O) groups is 3. The molecule has 1 aromatic heterocycles. The molecule has 0 aliphatic carbocycles. The molecule has 1 aromatic rings. The summed E-state index contributed by atoms with van der Waals surface area (Å²) in [5.41, 5.74) is 12.7. The number of aryl methyl sites for hydroxylation is 1. The Morgan fingerprint density at radius 3 is 2.25 bits per heavy atom. The minimum atomic E-state index is -0.602. The zero-order chi connectivity index (χ0) is 15.3. The van der Waals surface area contributed by atoms with Gasteiger partial charge in [0.25, 0.3) is 0 Å². The van der Waals surface area contributed by atoms with Gasteiger partial charge in [0.2, 0.25) is 11.8 Å². The Bertz CT molecular complexity index is 509. The normalized spacial score (nSPS) is 10.6. The molecule has 0 spiro atoms. The van der Waals surface area contributed by atoms with Gasteiger partial charge in [0.15, 0.2) is 5.76 Å². The number of nitrogens with two attached hydrogens (primary N) is 3. The summed E-state index contributed by atoms with van der Waals surface area (Å²) in [6, 6.07) is 1.61. The van der Waals surface area contributed by atoms with Crippen molar-refractivity contribution >= 4 is 17.7 Å². The molecule has 0 atom stereocenters. The first kappa shape index (κ1) is 15.7. The van der Waals surface area contributed by atoms with Gasteiger partial charge in [-0.1, -0.05) is 0 Å². The number of carbonyl (C=O) groups excluding carboxylic acids is 3. The van der Waals surface area contributed by atoms with Crippen LogP contribution in [0.3, 0.4) is 0 Å². The largest absolute Gasteiger partial charge is 0.454 e. The molecule has 1 heterocycles. The maximum absolute atomic E-state index is 11.4. The molecule has 0 radical (unpaired) electrons. The molecule has 0 bridgehead atoms. The van der Waals surface area contributed by atoms with Gasteiger partial charge in [-0.2, -0.15) is 0 Å². The monoisotopic (exact) mass is 283 g/mol. The van der Waals surface area contributed by atoms with E-state index in [-0.39, 0.29) is 25.4 Å². The quantitative estimate of drug-likeness (QED) is 0.256. The van der Waals surface area contributed by atoms with Crippen molar-refractivity contribution in [3.05, 3.63) is 23.2 Å². The Morgan fingerprint density at radius 2 is 1.80 bits per heavy atom. The first-order valence-electron chi connectivity index (χ1n) is 5.72. The van der Waals surface area contributed by atoms with Crippen LogP contribution in [-0.2, 0) is 16.1 Å². The second kappa shape index (κ2) is 6.68. The number of hydrogen-bond acceptors (Lipinski definition) is 6. The number of amides is 3. The van der Waals surface area contributed by atoms with Crippen LogP contribution < -0.4 is 22.7 Å². The van der Waals surface area contributed by atoms with Crippen LogP contribution in [0, 0.1) is 6.92 Å². The molecular formula is C11H17N5O4. The van der Waals surface area contributed by atoms with E-state index in [1.807, 2.05) is 5.43 Å². The summed E-state index contributed by atoms with van der Waals surface area (Å²) in [6.07, 6.45) is 0. The fourth-order valence-corrected chi connectivity index (χ4v) is 1.75. The minimum absolute atomic E-state index is 0.0700. The Morgan fingerprint density at radius 1 is 1.25 bits per heavy atom. The highest BCUT2D eigenvalue weighted by Crippen LogP contribution is 2.16. The molecule has 0 unspecified atom stereocenters. The van der Waals surface area contributed by atoms with Crippen LogP contribution in [0.2, 0.25) is 0 Å². The number of hydrazine groups is 1. The Hall–Kier alpha value is -2.39. The predicted octanol–water partition coefficient (Wildman–Crippen LogP) is -2.04. The van der Waals surface area contributed by atoms with Gasteiger partial charge < -0.3 is 15.9 Å². The van der Waals surface area contributed by atoms with Crippen molar-refractivity contribution in [1.29, 1.82) is 0 Å². The standard InChI is InChI=1S/C11H17N5O4/c1-6-2-7(20-10(6)11(19)15-14)3-16(4-8(12)17)5-9(13)18/h2H,3-5,14H2,1H3,(H2,12,17)(H2,13,18)(H,15,19). The summed E-state index contributed by atoms with van der Waals surface area (Å²) in [6.45, 7) is 1.48. The lowest BCUT2D eigenvalue weighted by Gasteiger charge is -2.17. The zero-order valence-electron chi connectivity index (χ0n) is 11.0. The van der Waals surface area contributed by atoms with Crippen molar-refractivity contribution < 1.29 is 18.8 Å². The highest BCUT2D eigenvalue weighted by molar-refractivity contribution is 5.92. The van der Waals surface area contributed by atoms with Crippen LogP contribution in [0.25, 0.3) is 0 Å². The molecular weight excluding hydrogens is 266 g/mol. The highest BCUT2D eigenvalue weighted by atomic mass is 16.4. The maximum atomic E-state index is 11.4. The van der Waals surface area contributed by atoms with Gasteiger partial charge in [0.1, 0.15) is 5.76 Å². The average Bonchev–Trinajstić information content (AvgIpc) is 2.67. The third-order valence-electron chi connectivity index (χ3n) is 2.44. The molecule has 0 aliphatic rings. The third-order valence-corrected chi connectivity index (χ3v) is 2.44. The number of hydrogen-bond donors (Lipinski definition) is 4. The van der Waals surface area contributed by atoms with Crippen molar-refractivity contribution in [1.82, 2.24) is 10.3 Å². The summed E-state index contributed by atoms with van der Waals surface area (Å²) in [5, 5.41) is 0. The van der Waals surface area contributed by atoms with E-state index < -0.39 is 17.7 Å². The van der Waals surface area contributed by atoms with Crippen LogP contribution in [0.5, 0.6) is 0 Å². The smallest absolute Gasteiger partial charge is 0.301 e.